The quantitative estimate of drug-likeness (QED) is 0.413. The molecule has 0 aliphatic carbocycles. The van der Waals surface area contributed by atoms with Crippen molar-refractivity contribution in [2.24, 2.45) is 17.8 Å². The number of carbonyl (C=O) groups excluding carboxylic acids is 2. The fourth-order valence-corrected chi connectivity index (χ4v) is 3.75. The summed E-state index contributed by atoms with van der Waals surface area (Å²) in [5, 5.41) is 0.126. The van der Waals surface area contributed by atoms with Gasteiger partial charge in [0.2, 0.25) is 0 Å². The molecule has 4 atom stereocenters. The second-order valence-electron chi connectivity index (χ2n) is 9.37. The van der Waals surface area contributed by atoms with Gasteiger partial charge < -0.3 is 18.9 Å². The van der Waals surface area contributed by atoms with Gasteiger partial charge in [0.05, 0.1) is 37.1 Å². The summed E-state index contributed by atoms with van der Waals surface area (Å²) in [5.74, 6) is -1.42. The normalized spacial score (nSPS) is 15.2. The lowest BCUT2D eigenvalue weighted by Crippen LogP contribution is -2.37. The maximum atomic E-state index is 12.7. The molecule has 1 aromatic heterocycles. The summed E-state index contributed by atoms with van der Waals surface area (Å²) < 4.78 is 21.9. The highest BCUT2D eigenvalue weighted by atomic mass is 35.5. The van der Waals surface area contributed by atoms with E-state index in [1.807, 2.05) is 34.6 Å². The molecule has 8 nitrogen and oxygen atoms in total. The predicted molar refractivity (Wildman–Crippen MR) is 130 cm³/mol. The molecule has 188 valence electrons. The molecule has 0 saturated heterocycles. The zero-order chi connectivity index (χ0) is 25.6. The summed E-state index contributed by atoms with van der Waals surface area (Å²) in [4.78, 5) is 34.2. The van der Waals surface area contributed by atoms with Gasteiger partial charge in [0.25, 0.3) is 5.88 Å². The third-order valence-electron chi connectivity index (χ3n) is 5.76. The van der Waals surface area contributed by atoms with E-state index in [1.54, 1.807) is 32.2 Å². The number of hydrogen-bond acceptors (Lipinski definition) is 8. The number of fused-ring (bicyclic) bond motifs is 1. The van der Waals surface area contributed by atoms with Crippen molar-refractivity contribution in [2.45, 2.75) is 66.1 Å². The lowest BCUT2D eigenvalue weighted by molar-refractivity contribution is -0.163. The van der Waals surface area contributed by atoms with Crippen molar-refractivity contribution in [3.05, 3.63) is 23.4 Å². The molecule has 0 fully saturated rings. The first-order valence-electron chi connectivity index (χ1n) is 11.4. The second kappa shape index (κ2) is 11.7. The standard InChI is InChI=1S/C25H35ClN2O6/c1-9-16(33-22-21(26)27-19-11-10-17(31-7)13-20(19)28-22)12-18(24(30)32-8)14(2)15(3)23(29)34-25(4,5)6/h10-11,13-16,18H,9,12H2,1-8H3/t14?,15?,16-,18+/m0/s1. The fourth-order valence-electron chi connectivity index (χ4n) is 3.57. The Bertz CT molecular complexity index is 1010. The SMILES string of the molecule is CC[C@@H](C[C@@H](C(=O)OC)C(C)C(C)C(=O)OC(C)(C)C)Oc1nc2cc(OC)ccc2nc1Cl. The molecular weight excluding hydrogens is 460 g/mol. The van der Waals surface area contributed by atoms with E-state index in [-0.39, 0.29) is 22.9 Å². The Morgan fingerprint density at radius 3 is 2.29 bits per heavy atom. The molecule has 1 heterocycles. The van der Waals surface area contributed by atoms with Crippen LogP contribution in [0.3, 0.4) is 0 Å². The summed E-state index contributed by atoms with van der Waals surface area (Å²) in [5.41, 5.74) is 0.568. The van der Waals surface area contributed by atoms with Crippen molar-refractivity contribution in [1.29, 1.82) is 0 Å². The van der Waals surface area contributed by atoms with Crippen LogP contribution in [0, 0.1) is 17.8 Å². The van der Waals surface area contributed by atoms with Gasteiger partial charge in [-0.1, -0.05) is 32.4 Å². The number of aromatic nitrogens is 2. The number of esters is 2. The zero-order valence-corrected chi connectivity index (χ0v) is 21.9. The van der Waals surface area contributed by atoms with Crippen LogP contribution in [-0.2, 0) is 19.1 Å². The lowest BCUT2D eigenvalue weighted by atomic mass is 9.80. The van der Waals surface area contributed by atoms with Crippen LogP contribution in [0.5, 0.6) is 11.6 Å². The number of ether oxygens (including phenoxy) is 4. The largest absolute Gasteiger partial charge is 0.497 e. The third-order valence-corrected chi connectivity index (χ3v) is 6.00. The van der Waals surface area contributed by atoms with Gasteiger partial charge in [-0.15, -0.1) is 0 Å². The lowest BCUT2D eigenvalue weighted by Gasteiger charge is -2.30. The second-order valence-corrected chi connectivity index (χ2v) is 9.73. The van der Waals surface area contributed by atoms with Gasteiger partial charge in [-0.2, -0.15) is 0 Å². The van der Waals surface area contributed by atoms with Gasteiger partial charge in [-0.3, -0.25) is 9.59 Å². The van der Waals surface area contributed by atoms with E-state index in [1.165, 1.54) is 7.11 Å². The first-order chi connectivity index (χ1) is 15.9. The van der Waals surface area contributed by atoms with Crippen molar-refractivity contribution in [3.63, 3.8) is 0 Å². The van der Waals surface area contributed by atoms with Crippen LogP contribution in [0.4, 0.5) is 0 Å². The number of carbonyl (C=O) groups is 2. The van der Waals surface area contributed by atoms with E-state index in [0.717, 1.165) is 0 Å². The third kappa shape index (κ3) is 7.19. The average Bonchev–Trinajstić information content (AvgIpc) is 2.79. The predicted octanol–water partition coefficient (Wildman–Crippen LogP) is 5.24. The van der Waals surface area contributed by atoms with Gasteiger partial charge in [0, 0.05) is 6.07 Å². The van der Waals surface area contributed by atoms with Crippen molar-refractivity contribution in [1.82, 2.24) is 9.97 Å². The molecule has 9 heteroatoms. The van der Waals surface area contributed by atoms with Crippen molar-refractivity contribution < 1.29 is 28.5 Å². The maximum Gasteiger partial charge on any atom is 0.309 e. The monoisotopic (exact) mass is 494 g/mol. The smallest absolute Gasteiger partial charge is 0.309 e. The van der Waals surface area contributed by atoms with Crippen molar-refractivity contribution >= 4 is 34.6 Å². The average molecular weight is 495 g/mol. The van der Waals surface area contributed by atoms with Crippen LogP contribution in [0.1, 0.15) is 54.4 Å². The first-order valence-corrected chi connectivity index (χ1v) is 11.8. The van der Waals surface area contributed by atoms with E-state index in [0.29, 0.717) is 29.6 Å². The van der Waals surface area contributed by atoms with E-state index in [9.17, 15) is 9.59 Å². The van der Waals surface area contributed by atoms with Crippen LogP contribution in [0.25, 0.3) is 11.0 Å². The Morgan fingerprint density at radius 1 is 1.06 bits per heavy atom. The highest BCUT2D eigenvalue weighted by Gasteiger charge is 2.37. The van der Waals surface area contributed by atoms with Crippen LogP contribution in [0.15, 0.2) is 18.2 Å². The van der Waals surface area contributed by atoms with Crippen LogP contribution in [-0.4, -0.2) is 47.8 Å². The molecule has 0 aliphatic heterocycles. The Labute approximate surface area is 206 Å². The van der Waals surface area contributed by atoms with Gasteiger partial charge in [0.1, 0.15) is 17.5 Å². The Kier molecular flexibility index (Phi) is 9.50. The summed E-state index contributed by atoms with van der Waals surface area (Å²) >= 11 is 6.34. The highest BCUT2D eigenvalue weighted by Crippen LogP contribution is 2.32. The van der Waals surface area contributed by atoms with Crippen molar-refractivity contribution in [2.75, 3.05) is 14.2 Å². The fraction of sp³-hybridized carbons (Fsp3) is 0.600. The summed E-state index contributed by atoms with van der Waals surface area (Å²) in [6.07, 6.45) is 0.480. The molecule has 0 saturated carbocycles. The van der Waals surface area contributed by atoms with Gasteiger partial charge >= 0.3 is 11.9 Å². The number of halogens is 1. The Balaban J connectivity index is 2.26. The molecule has 0 bridgehead atoms. The molecule has 1 aromatic carbocycles. The van der Waals surface area contributed by atoms with Crippen LogP contribution in [0.2, 0.25) is 5.15 Å². The molecule has 0 N–H and O–H groups in total. The molecule has 34 heavy (non-hydrogen) atoms. The summed E-state index contributed by atoms with van der Waals surface area (Å²) in [7, 11) is 2.91. The molecule has 0 radical (unpaired) electrons. The minimum atomic E-state index is -0.616. The van der Waals surface area contributed by atoms with Gasteiger partial charge in [0.15, 0.2) is 5.15 Å². The molecule has 0 amide bonds. The summed E-state index contributed by atoms with van der Waals surface area (Å²) in [6, 6.07) is 5.28. The van der Waals surface area contributed by atoms with E-state index >= 15 is 0 Å². The highest BCUT2D eigenvalue weighted by molar-refractivity contribution is 6.31. The first kappa shape index (κ1) is 27.6. The Hall–Kier alpha value is -2.61. The minimum Gasteiger partial charge on any atom is -0.497 e. The van der Waals surface area contributed by atoms with Gasteiger partial charge in [-0.25, -0.2) is 9.97 Å². The van der Waals surface area contributed by atoms with E-state index in [4.69, 9.17) is 30.5 Å². The molecule has 2 aromatic rings. The molecule has 2 rings (SSSR count). The molecule has 0 aliphatic rings. The van der Waals surface area contributed by atoms with Gasteiger partial charge in [-0.05, 0) is 51.7 Å². The number of rotatable bonds is 10. The molecular formula is C25H35ClN2O6. The minimum absolute atomic E-state index is 0.126. The van der Waals surface area contributed by atoms with E-state index < -0.39 is 29.5 Å². The number of benzene rings is 1. The maximum absolute atomic E-state index is 12.7. The van der Waals surface area contributed by atoms with Crippen LogP contribution >= 0.6 is 11.6 Å². The molecule has 0 spiro atoms. The molecule has 2 unspecified atom stereocenters. The zero-order valence-electron chi connectivity index (χ0n) is 21.2. The summed E-state index contributed by atoms with van der Waals surface area (Å²) in [6.45, 7) is 11.0. The number of hydrogen-bond donors (Lipinski definition) is 0. The van der Waals surface area contributed by atoms with Crippen molar-refractivity contribution in [3.8, 4) is 11.6 Å². The Morgan fingerprint density at radius 2 is 1.74 bits per heavy atom. The van der Waals surface area contributed by atoms with Crippen LogP contribution < -0.4 is 9.47 Å². The topological polar surface area (TPSA) is 96.8 Å². The van der Waals surface area contributed by atoms with E-state index in [2.05, 4.69) is 9.97 Å². The number of methoxy groups -OCH3 is 2. The number of nitrogens with zero attached hydrogens (tertiary/aromatic N) is 2.